The second kappa shape index (κ2) is 5.46. The first kappa shape index (κ1) is 13.5. The summed E-state index contributed by atoms with van der Waals surface area (Å²) in [6, 6.07) is 3.50. The average Bonchev–Trinajstić information content (AvgIpc) is 2.81. The smallest absolute Gasteiger partial charge is 0.238 e. The van der Waals surface area contributed by atoms with Crippen LogP contribution in [0.5, 0.6) is 0 Å². The van der Waals surface area contributed by atoms with Gasteiger partial charge < -0.3 is 9.64 Å². The van der Waals surface area contributed by atoms with Crippen molar-refractivity contribution in [3.05, 3.63) is 35.4 Å². The minimum absolute atomic E-state index is 0.0423. The number of ether oxygens (including phenoxy) is 1. The number of carbonyl (C=O) groups excluding carboxylic acids is 1. The molecule has 0 aliphatic carbocycles. The summed E-state index contributed by atoms with van der Waals surface area (Å²) in [7, 11) is 0. The van der Waals surface area contributed by atoms with Crippen molar-refractivity contribution < 1.29 is 18.3 Å². The summed E-state index contributed by atoms with van der Waals surface area (Å²) in [5, 5.41) is 3.00. The van der Waals surface area contributed by atoms with Crippen LogP contribution in [-0.4, -0.2) is 36.6 Å². The van der Waals surface area contributed by atoms with Crippen LogP contribution in [0.25, 0.3) is 0 Å². The molecule has 1 N–H and O–H groups in total. The first-order valence-electron chi connectivity index (χ1n) is 6.74. The summed E-state index contributed by atoms with van der Waals surface area (Å²) in [4.78, 5) is 13.7. The number of benzene rings is 1. The highest BCUT2D eigenvalue weighted by molar-refractivity contribution is 5.81. The average molecular weight is 282 g/mol. The molecule has 3 rings (SSSR count). The van der Waals surface area contributed by atoms with E-state index in [2.05, 4.69) is 5.32 Å². The monoisotopic (exact) mass is 282 g/mol. The van der Waals surface area contributed by atoms with Crippen molar-refractivity contribution in [2.75, 3.05) is 19.8 Å². The normalized spacial score (nSPS) is 24.4. The number of halogens is 2. The topological polar surface area (TPSA) is 41.6 Å². The zero-order valence-electron chi connectivity index (χ0n) is 10.9. The molecule has 2 aliphatic heterocycles. The molecule has 6 heteroatoms. The first-order chi connectivity index (χ1) is 9.66. The molecule has 108 valence electrons. The van der Waals surface area contributed by atoms with Gasteiger partial charge in [-0.1, -0.05) is 0 Å². The number of carbonyl (C=O) groups is 1. The van der Waals surface area contributed by atoms with Crippen LogP contribution in [0.2, 0.25) is 0 Å². The molecule has 20 heavy (non-hydrogen) atoms. The van der Waals surface area contributed by atoms with E-state index in [0.29, 0.717) is 18.8 Å². The molecule has 4 nitrogen and oxygen atoms in total. The molecule has 0 spiro atoms. The van der Waals surface area contributed by atoms with E-state index >= 15 is 0 Å². The summed E-state index contributed by atoms with van der Waals surface area (Å²) >= 11 is 0. The molecule has 1 atom stereocenters. The summed E-state index contributed by atoms with van der Waals surface area (Å²) in [6.07, 6.45) is 0.964. The SMILES string of the molecule is O=C1CNC(c2ccc(F)cc2F)N1C1CCOCC1. The van der Waals surface area contributed by atoms with Crippen molar-refractivity contribution in [1.29, 1.82) is 0 Å². The van der Waals surface area contributed by atoms with Gasteiger partial charge in [-0.25, -0.2) is 8.78 Å². The molecule has 2 aliphatic rings. The molecule has 2 fully saturated rings. The van der Waals surface area contributed by atoms with Crippen molar-refractivity contribution >= 4 is 5.91 Å². The van der Waals surface area contributed by atoms with E-state index < -0.39 is 17.8 Å². The van der Waals surface area contributed by atoms with Crippen LogP contribution in [0.3, 0.4) is 0 Å². The Morgan fingerprint density at radius 1 is 1.25 bits per heavy atom. The Morgan fingerprint density at radius 3 is 2.70 bits per heavy atom. The molecule has 0 aromatic heterocycles. The van der Waals surface area contributed by atoms with Gasteiger partial charge in [-0.05, 0) is 25.0 Å². The molecular weight excluding hydrogens is 266 g/mol. The highest BCUT2D eigenvalue weighted by atomic mass is 19.1. The molecule has 2 heterocycles. The minimum Gasteiger partial charge on any atom is -0.381 e. The van der Waals surface area contributed by atoms with Gasteiger partial charge in [-0.2, -0.15) is 0 Å². The van der Waals surface area contributed by atoms with Crippen LogP contribution in [0.4, 0.5) is 8.78 Å². The Kier molecular flexibility index (Phi) is 3.67. The fourth-order valence-corrected chi connectivity index (χ4v) is 2.88. The third-order valence-electron chi connectivity index (χ3n) is 3.85. The highest BCUT2D eigenvalue weighted by Crippen LogP contribution is 2.30. The van der Waals surface area contributed by atoms with Crippen LogP contribution in [0.1, 0.15) is 24.6 Å². The Labute approximate surface area is 115 Å². The van der Waals surface area contributed by atoms with Crippen molar-refractivity contribution in [2.24, 2.45) is 0 Å². The van der Waals surface area contributed by atoms with Crippen LogP contribution < -0.4 is 5.32 Å². The molecule has 0 bridgehead atoms. The van der Waals surface area contributed by atoms with Gasteiger partial charge in [0.2, 0.25) is 5.91 Å². The number of hydrogen-bond donors (Lipinski definition) is 1. The number of rotatable bonds is 2. The second-order valence-corrected chi connectivity index (χ2v) is 5.09. The van der Waals surface area contributed by atoms with E-state index in [0.717, 1.165) is 18.9 Å². The number of nitrogens with zero attached hydrogens (tertiary/aromatic N) is 1. The van der Waals surface area contributed by atoms with Gasteiger partial charge in [0, 0.05) is 30.9 Å². The van der Waals surface area contributed by atoms with Gasteiger partial charge in [0.1, 0.15) is 17.8 Å². The summed E-state index contributed by atoms with van der Waals surface area (Å²) in [5.74, 6) is -1.30. The maximum absolute atomic E-state index is 13.9. The summed E-state index contributed by atoms with van der Waals surface area (Å²) < 4.78 is 32.2. The molecule has 0 radical (unpaired) electrons. The Hall–Kier alpha value is -1.53. The van der Waals surface area contributed by atoms with Gasteiger partial charge in [-0.3, -0.25) is 10.1 Å². The zero-order chi connectivity index (χ0) is 14.1. The highest BCUT2D eigenvalue weighted by Gasteiger charge is 2.38. The fourth-order valence-electron chi connectivity index (χ4n) is 2.88. The number of nitrogens with one attached hydrogen (secondary N) is 1. The third-order valence-corrected chi connectivity index (χ3v) is 3.85. The lowest BCUT2D eigenvalue weighted by Crippen LogP contribution is -2.43. The molecule has 1 amide bonds. The van der Waals surface area contributed by atoms with Crippen molar-refractivity contribution in [2.45, 2.75) is 25.0 Å². The maximum Gasteiger partial charge on any atom is 0.238 e. The van der Waals surface area contributed by atoms with Crippen molar-refractivity contribution in [1.82, 2.24) is 10.2 Å². The third kappa shape index (κ3) is 2.41. The Morgan fingerprint density at radius 2 is 2.00 bits per heavy atom. The minimum atomic E-state index is -0.630. The predicted molar refractivity (Wildman–Crippen MR) is 67.8 cm³/mol. The largest absolute Gasteiger partial charge is 0.381 e. The van der Waals surface area contributed by atoms with Gasteiger partial charge in [-0.15, -0.1) is 0 Å². The van der Waals surface area contributed by atoms with Gasteiger partial charge in [0.15, 0.2) is 0 Å². The van der Waals surface area contributed by atoms with Gasteiger partial charge >= 0.3 is 0 Å². The standard InChI is InChI=1S/C14H16F2N2O2/c15-9-1-2-11(12(16)7-9)14-17-8-13(19)18(14)10-3-5-20-6-4-10/h1-2,7,10,14,17H,3-6,8H2. The lowest BCUT2D eigenvalue weighted by Gasteiger charge is -2.35. The zero-order valence-corrected chi connectivity index (χ0v) is 10.9. The van der Waals surface area contributed by atoms with E-state index in [1.54, 1.807) is 4.90 Å². The molecule has 0 saturated carbocycles. The quantitative estimate of drug-likeness (QED) is 0.895. The second-order valence-electron chi connectivity index (χ2n) is 5.09. The van der Waals surface area contributed by atoms with Crippen LogP contribution >= 0.6 is 0 Å². The maximum atomic E-state index is 13.9. The molecule has 2 saturated heterocycles. The molecular formula is C14H16F2N2O2. The van der Waals surface area contributed by atoms with E-state index in [1.807, 2.05) is 0 Å². The van der Waals surface area contributed by atoms with E-state index in [1.165, 1.54) is 12.1 Å². The Balaban J connectivity index is 1.88. The first-order valence-corrected chi connectivity index (χ1v) is 6.74. The summed E-state index contributed by atoms with van der Waals surface area (Å²) in [6.45, 7) is 1.39. The lowest BCUT2D eigenvalue weighted by atomic mass is 10.0. The molecule has 1 aromatic carbocycles. The fraction of sp³-hybridized carbons (Fsp3) is 0.500. The summed E-state index contributed by atoms with van der Waals surface area (Å²) in [5.41, 5.74) is 0.309. The van der Waals surface area contributed by atoms with Crippen LogP contribution in [0.15, 0.2) is 18.2 Å². The van der Waals surface area contributed by atoms with Gasteiger partial charge in [0.05, 0.1) is 6.54 Å². The number of hydrogen-bond acceptors (Lipinski definition) is 3. The predicted octanol–water partition coefficient (Wildman–Crippen LogP) is 1.57. The van der Waals surface area contributed by atoms with Crippen LogP contribution in [-0.2, 0) is 9.53 Å². The number of amides is 1. The van der Waals surface area contributed by atoms with E-state index in [9.17, 15) is 13.6 Å². The van der Waals surface area contributed by atoms with E-state index in [-0.39, 0.29) is 18.5 Å². The van der Waals surface area contributed by atoms with Gasteiger partial charge in [0.25, 0.3) is 0 Å². The molecule has 1 unspecified atom stereocenters. The van der Waals surface area contributed by atoms with Crippen LogP contribution in [0, 0.1) is 11.6 Å². The lowest BCUT2D eigenvalue weighted by molar-refractivity contribution is -0.132. The molecule has 1 aromatic rings. The Bertz CT molecular complexity index is 518. The van der Waals surface area contributed by atoms with E-state index in [4.69, 9.17) is 4.74 Å². The van der Waals surface area contributed by atoms with Crippen molar-refractivity contribution in [3.8, 4) is 0 Å². The van der Waals surface area contributed by atoms with Crippen molar-refractivity contribution in [3.63, 3.8) is 0 Å².